The quantitative estimate of drug-likeness (QED) is 0.364. The molecule has 0 radical (unpaired) electrons. The Labute approximate surface area is 150 Å². The lowest BCUT2D eigenvalue weighted by Crippen LogP contribution is -2.23. The Kier molecular flexibility index (Phi) is 5.33. The minimum absolute atomic E-state index is 0.0719. The normalized spacial score (nSPS) is 12.4. The summed E-state index contributed by atoms with van der Waals surface area (Å²) < 4.78 is 6.98. The Balaban J connectivity index is 1.97. The Morgan fingerprint density at radius 3 is 2.92 bits per heavy atom. The summed E-state index contributed by atoms with van der Waals surface area (Å²) in [4.78, 5) is 21.8. The van der Waals surface area contributed by atoms with Crippen LogP contribution in [0.15, 0.2) is 51.4 Å². The smallest absolute Gasteiger partial charge is 0.262 e. The van der Waals surface area contributed by atoms with Crippen molar-refractivity contribution in [3.05, 3.63) is 59.0 Å². The Morgan fingerprint density at radius 2 is 2.16 bits per heavy atom. The van der Waals surface area contributed by atoms with E-state index in [0.717, 1.165) is 12.8 Å². The van der Waals surface area contributed by atoms with Crippen molar-refractivity contribution in [1.82, 2.24) is 19.7 Å². The molecule has 0 bridgehead atoms. The monoisotopic (exact) mass is 356 g/mol. The second-order valence-corrected chi connectivity index (χ2v) is 6.98. The molecule has 0 amide bonds. The van der Waals surface area contributed by atoms with Crippen LogP contribution in [0.1, 0.15) is 37.2 Å². The highest BCUT2D eigenvalue weighted by molar-refractivity contribution is 7.99. The van der Waals surface area contributed by atoms with Crippen molar-refractivity contribution in [2.45, 2.75) is 43.6 Å². The van der Waals surface area contributed by atoms with Crippen molar-refractivity contribution in [1.29, 1.82) is 0 Å². The zero-order chi connectivity index (χ0) is 17.8. The largest absolute Gasteiger partial charge is 0.338 e. The third-order valence-corrected chi connectivity index (χ3v) is 4.80. The number of hydrogen-bond acceptors (Lipinski definition) is 6. The van der Waals surface area contributed by atoms with Gasteiger partial charge in [-0.3, -0.25) is 9.36 Å². The van der Waals surface area contributed by atoms with Crippen LogP contribution < -0.4 is 5.56 Å². The van der Waals surface area contributed by atoms with E-state index >= 15 is 0 Å². The zero-order valence-electron chi connectivity index (χ0n) is 14.3. The zero-order valence-corrected chi connectivity index (χ0v) is 15.1. The van der Waals surface area contributed by atoms with Crippen LogP contribution >= 0.6 is 11.8 Å². The molecule has 1 aromatic carbocycles. The summed E-state index contributed by atoms with van der Waals surface area (Å²) in [7, 11) is 0. The molecule has 0 saturated carbocycles. The maximum Gasteiger partial charge on any atom is 0.262 e. The first-order valence-corrected chi connectivity index (χ1v) is 9.11. The number of thioether (sulfide) groups is 1. The van der Waals surface area contributed by atoms with E-state index in [9.17, 15) is 4.79 Å². The van der Waals surface area contributed by atoms with Crippen molar-refractivity contribution < 1.29 is 4.52 Å². The van der Waals surface area contributed by atoms with Crippen molar-refractivity contribution in [2.75, 3.05) is 0 Å². The maximum absolute atomic E-state index is 12.8. The predicted molar refractivity (Wildman–Crippen MR) is 98.8 cm³/mol. The summed E-state index contributed by atoms with van der Waals surface area (Å²) in [5, 5.41) is 5.10. The summed E-state index contributed by atoms with van der Waals surface area (Å²) in [5.41, 5.74) is 0.608. The van der Waals surface area contributed by atoms with Gasteiger partial charge in [0.15, 0.2) is 11.0 Å². The first-order chi connectivity index (χ1) is 12.1. The second kappa shape index (κ2) is 7.65. The molecule has 3 aromatic rings. The maximum atomic E-state index is 12.8. The van der Waals surface area contributed by atoms with E-state index in [1.165, 1.54) is 11.8 Å². The van der Waals surface area contributed by atoms with Gasteiger partial charge in [-0.2, -0.15) is 4.98 Å². The molecule has 0 saturated heterocycles. The molecule has 0 aliphatic heterocycles. The van der Waals surface area contributed by atoms with Gasteiger partial charge in [-0.05, 0) is 25.5 Å². The van der Waals surface area contributed by atoms with Gasteiger partial charge in [0.25, 0.3) is 5.56 Å². The number of benzene rings is 1. The molecule has 2 aromatic heterocycles. The van der Waals surface area contributed by atoms with Gasteiger partial charge in [0, 0.05) is 13.0 Å². The van der Waals surface area contributed by atoms with E-state index in [0.29, 0.717) is 34.3 Å². The fourth-order valence-corrected chi connectivity index (χ4v) is 3.44. The topological polar surface area (TPSA) is 73.8 Å². The summed E-state index contributed by atoms with van der Waals surface area (Å²) in [6.45, 7) is 8.18. The number of hydrogen-bond donors (Lipinski definition) is 0. The highest BCUT2D eigenvalue weighted by Gasteiger charge is 2.19. The summed E-state index contributed by atoms with van der Waals surface area (Å²) >= 11 is 1.43. The number of rotatable bonds is 7. The molecule has 25 heavy (non-hydrogen) atoms. The molecule has 3 rings (SSSR count). The SMILES string of the molecule is C=CCn1c(SC(C)c2nc(CCC)no2)nc2ccccc2c1=O. The lowest BCUT2D eigenvalue weighted by Gasteiger charge is -2.13. The molecule has 1 atom stereocenters. The van der Waals surface area contributed by atoms with Gasteiger partial charge in [0.2, 0.25) is 5.89 Å². The van der Waals surface area contributed by atoms with Crippen molar-refractivity contribution in [3.8, 4) is 0 Å². The molecule has 7 heteroatoms. The van der Waals surface area contributed by atoms with Crippen LogP contribution in [-0.2, 0) is 13.0 Å². The van der Waals surface area contributed by atoms with E-state index in [1.807, 2.05) is 25.1 Å². The van der Waals surface area contributed by atoms with Crippen molar-refractivity contribution in [2.24, 2.45) is 0 Å². The van der Waals surface area contributed by atoms with Gasteiger partial charge in [-0.1, -0.05) is 42.1 Å². The van der Waals surface area contributed by atoms with Crippen LogP contribution in [0, 0.1) is 0 Å². The Morgan fingerprint density at radius 1 is 1.36 bits per heavy atom. The molecule has 130 valence electrons. The third-order valence-electron chi connectivity index (χ3n) is 3.73. The number of aryl methyl sites for hydroxylation is 1. The fourth-order valence-electron chi connectivity index (χ4n) is 2.49. The minimum Gasteiger partial charge on any atom is -0.338 e. The summed E-state index contributed by atoms with van der Waals surface area (Å²) in [6, 6.07) is 7.35. The number of allylic oxidation sites excluding steroid dienone is 1. The number of para-hydroxylation sites is 1. The van der Waals surface area contributed by atoms with E-state index in [-0.39, 0.29) is 10.8 Å². The highest BCUT2D eigenvalue weighted by atomic mass is 32.2. The average molecular weight is 356 g/mol. The van der Waals surface area contributed by atoms with Gasteiger partial charge in [0.05, 0.1) is 16.2 Å². The van der Waals surface area contributed by atoms with E-state index in [2.05, 4.69) is 28.6 Å². The average Bonchev–Trinajstić information content (AvgIpc) is 3.07. The molecule has 0 aliphatic rings. The molecule has 6 nitrogen and oxygen atoms in total. The molecular formula is C18H20N4O2S. The molecule has 0 N–H and O–H groups in total. The molecule has 0 aliphatic carbocycles. The van der Waals surface area contributed by atoms with Crippen LogP contribution in [-0.4, -0.2) is 19.7 Å². The summed E-state index contributed by atoms with van der Waals surface area (Å²) in [5.74, 6) is 1.25. The molecule has 0 fully saturated rings. The van der Waals surface area contributed by atoms with Crippen LogP contribution in [0.5, 0.6) is 0 Å². The van der Waals surface area contributed by atoms with Crippen LogP contribution in [0.4, 0.5) is 0 Å². The highest BCUT2D eigenvalue weighted by Crippen LogP contribution is 2.33. The van der Waals surface area contributed by atoms with Crippen molar-refractivity contribution in [3.63, 3.8) is 0 Å². The van der Waals surface area contributed by atoms with Gasteiger partial charge >= 0.3 is 0 Å². The molecule has 2 heterocycles. The van der Waals surface area contributed by atoms with Gasteiger partial charge in [-0.25, -0.2) is 4.98 Å². The number of nitrogens with zero attached hydrogens (tertiary/aromatic N) is 4. The van der Waals surface area contributed by atoms with E-state index in [1.54, 1.807) is 16.7 Å². The fraction of sp³-hybridized carbons (Fsp3) is 0.333. The minimum atomic E-state index is -0.109. The molecular weight excluding hydrogens is 336 g/mol. The second-order valence-electron chi connectivity index (χ2n) is 5.67. The lowest BCUT2D eigenvalue weighted by molar-refractivity contribution is 0.374. The summed E-state index contributed by atoms with van der Waals surface area (Å²) in [6.07, 6.45) is 3.44. The van der Waals surface area contributed by atoms with Gasteiger partial charge < -0.3 is 4.52 Å². The first kappa shape index (κ1) is 17.4. The molecule has 1 unspecified atom stereocenters. The number of fused-ring (bicyclic) bond motifs is 1. The van der Waals surface area contributed by atoms with Crippen LogP contribution in [0.25, 0.3) is 10.9 Å². The number of aromatic nitrogens is 4. The van der Waals surface area contributed by atoms with Crippen LogP contribution in [0.3, 0.4) is 0 Å². The van der Waals surface area contributed by atoms with Gasteiger partial charge in [0.1, 0.15) is 0 Å². The van der Waals surface area contributed by atoms with E-state index in [4.69, 9.17) is 4.52 Å². The van der Waals surface area contributed by atoms with Gasteiger partial charge in [-0.15, -0.1) is 6.58 Å². The Bertz CT molecular complexity index is 948. The Hall–Kier alpha value is -2.41. The van der Waals surface area contributed by atoms with E-state index < -0.39 is 0 Å². The van der Waals surface area contributed by atoms with Crippen molar-refractivity contribution >= 4 is 22.7 Å². The standard InChI is InChI=1S/C18H20N4O2S/c1-4-8-15-20-16(24-21-15)12(3)25-18-19-14-10-7-6-9-13(14)17(23)22(18)11-5-2/h5-7,9-10,12H,2,4,8,11H2,1,3H3. The third kappa shape index (κ3) is 3.66. The first-order valence-electron chi connectivity index (χ1n) is 8.23. The van der Waals surface area contributed by atoms with Crippen LogP contribution in [0.2, 0.25) is 0 Å². The molecule has 0 spiro atoms. The lowest BCUT2D eigenvalue weighted by atomic mass is 10.2. The predicted octanol–water partition coefficient (Wildman–Crippen LogP) is 3.77.